The van der Waals surface area contributed by atoms with Crippen LogP contribution in [0.3, 0.4) is 0 Å². The molecule has 0 saturated carbocycles. The molecule has 3 heteroatoms. The van der Waals surface area contributed by atoms with Crippen molar-refractivity contribution in [2.75, 3.05) is 0 Å². The summed E-state index contributed by atoms with van der Waals surface area (Å²) >= 11 is 0. The molecule has 1 heterocycles. The fourth-order valence-corrected chi connectivity index (χ4v) is 1.90. The summed E-state index contributed by atoms with van der Waals surface area (Å²) in [6, 6.07) is 8.28. The van der Waals surface area contributed by atoms with Gasteiger partial charge in [-0.3, -0.25) is 0 Å². The third kappa shape index (κ3) is 2.54. The summed E-state index contributed by atoms with van der Waals surface area (Å²) in [5.41, 5.74) is 2.79. The number of hydrogen-bond acceptors (Lipinski definition) is 2. The van der Waals surface area contributed by atoms with Gasteiger partial charge >= 0.3 is 0 Å². The molecule has 0 N–H and O–H groups in total. The quantitative estimate of drug-likeness (QED) is 0.805. The number of rotatable bonds is 3. The Balaban J connectivity index is 2.40. The molecule has 17 heavy (non-hydrogen) atoms. The molecule has 0 bridgehead atoms. The molecule has 0 spiro atoms. The van der Waals surface area contributed by atoms with Crippen molar-refractivity contribution in [1.29, 1.82) is 5.26 Å². The zero-order valence-corrected chi connectivity index (χ0v) is 10.1. The van der Waals surface area contributed by atoms with E-state index in [4.69, 9.17) is 0 Å². The lowest BCUT2D eigenvalue weighted by Gasteiger charge is -2.09. The summed E-state index contributed by atoms with van der Waals surface area (Å²) in [6.07, 6.45) is 6.26. The number of imidazole rings is 1. The maximum absolute atomic E-state index is 9.19. The second-order valence-corrected chi connectivity index (χ2v) is 4.53. The van der Waals surface area contributed by atoms with Crippen molar-refractivity contribution < 1.29 is 0 Å². The maximum Gasteiger partial charge on any atom is 0.101 e. The van der Waals surface area contributed by atoms with Gasteiger partial charge in [-0.15, -0.1) is 0 Å². The van der Waals surface area contributed by atoms with Gasteiger partial charge in [-0.1, -0.05) is 19.9 Å². The fraction of sp³-hybridized carbons (Fsp3) is 0.286. The van der Waals surface area contributed by atoms with E-state index in [2.05, 4.69) is 31.0 Å². The van der Waals surface area contributed by atoms with Crippen LogP contribution in [0.2, 0.25) is 0 Å². The van der Waals surface area contributed by atoms with Gasteiger partial charge < -0.3 is 4.57 Å². The van der Waals surface area contributed by atoms with E-state index in [1.54, 1.807) is 12.5 Å². The minimum absolute atomic E-state index is 0.598. The first kappa shape index (κ1) is 11.4. The Morgan fingerprint density at radius 1 is 1.41 bits per heavy atom. The van der Waals surface area contributed by atoms with Gasteiger partial charge in [0.05, 0.1) is 17.6 Å². The van der Waals surface area contributed by atoms with Gasteiger partial charge in [0.1, 0.15) is 6.07 Å². The first-order valence-electron chi connectivity index (χ1n) is 5.72. The second-order valence-electron chi connectivity index (χ2n) is 4.53. The number of nitrogens with zero attached hydrogens (tertiary/aromatic N) is 3. The molecule has 0 atom stereocenters. The Bertz CT molecular complexity index is 533. The predicted octanol–water partition coefficient (Wildman–Crippen LogP) is 2.94. The molecule has 0 radical (unpaired) electrons. The largest absolute Gasteiger partial charge is 0.305 e. The highest BCUT2D eigenvalue weighted by atomic mass is 15.0. The minimum atomic E-state index is 0.598. The lowest BCUT2D eigenvalue weighted by molar-refractivity contribution is 0.647. The van der Waals surface area contributed by atoms with E-state index >= 15 is 0 Å². The van der Waals surface area contributed by atoms with Gasteiger partial charge in [0.2, 0.25) is 0 Å². The van der Waals surface area contributed by atoms with Crippen LogP contribution in [-0.2, 0) is 6.42 Å². The van der Waals surface area contributed by atoms with E-state index in [-0.39, 0.29) is 0 Å². The van der Waals surface area contributed by atoms with Crippen molar-refractivity contribution >= 4 is 0 Å². The summed E-state index contributed by atoms with van der Waals surface area (Å²) < 4.78 is 1.86. The van der Waals surface area contributed by atoms with Crippen molar-refractivity contribution in [1.82, 2.24) is 9.55 Å². The van der Waals surface area contributed by atoms with Crippen LogP contribution < -0.4 is 0 Å². The molecule has 1 aromatic heterocycles. The van der Waals surface area contributed by atoms with Crippen LogP contribution in [0.4, 0.5) is 0 Å². The van der Waals surface area contributed by atoms with E-state index in [1.165, 1.54) is 5.56 Å². The molecule has 1 aromatic carbocycles. The van der Waals surface area contributed by atoms with E-state index < -0.39 is 0 Å². The van der Waals surface area contributed by atoms with Crippen LogP contribution in [0, 0.1) is 17.2 Å². The smallest absolute Gasteiger partial charge is 0.101 e. The molecule has 86 valence electrons. The van der Waals surface area contributed by atoms with Gasteiger partial charge in [0, 0.05) is 12.4 Å². The first-order chi connectivity index (χ1) is 8.20. The highest BCUT2D eigenvalue weighted by Crippen LogP contribution is 2.17. The number of benzene rings is 1. The van der Waals surface area contributed by atoms with Crippen molar-refractivity contribution in [3.8, 4) is 11.8 Å². The Labute approximate surface area is 101 Å². The van der Waals surface area contributed by atoms with Crippen LogP contribution in [0.1, 0.15) is 25.0 Å². The number of nitriles is 1. The highest BCUT2D eigenvalue weighted by Gasteiger charge is 2.06. The van der Waals surface area contributed by atoms with Crippen molar-refractivity contribution in [3.63, 3.8) is 0 Å². The van der Waals surface area contributed by atoms with Gasteiger partial charge in [0.25, 0.3) is 0 Å². The molecular weight excluding hydrogens is 210 g/mol. The van der Waals surface area contributed by atoms with Crippen molar-refractivity contribution in [3.05, 3.63) is 48.0 Å². The molecule has 0 amide bonds. The van der Waals surface area contributed by atoms with Gasteiger partial charge in [-0.05, 0) is 30.0 Å². The van der Waals surface area contributed by atoms with Crippen LogP contribution in [-0.4, -0.2) is 9.55 Å². The van der Waals surface area contributed by atoms with E-state index in [0.717, 1.165) is 12.1 Å². The molecule has 0 saturated heterocycles. The van der Waals surface area contributed by atoms with Crippen molar-refractivity contribution in [2.45, 2.75) is 20.3 Å². The van der Waals surface area contributed by atoms with Crippen LogP contribution in [0.25, 0.3) is 5.69 Å². The van der Waals surface area contributed by atoms with Crippen LogP contribution in [0.5, 0.6) is 0 Å². The average Bonchev–Trinajstić information content (AvgIpc) is 2.81. The van der Waals surface area contributed by atoms with Gasteiger partial charge in [-0.2, -0.15) is 5.26 Å². The molecule has 0 unspecified atom stereocenters. The lowest BCUT2D eigenvalue weighted by Crippen LogP contribution is -1.99. The van der Waals surface area contributed by atoms with Crippen LogP contribution >= 0.6 is 0 Å². The molecular formula is C14H15N3. The predicted molar refractivity (Wildman–Crippen MR) is 66.8 cm³/mol. The molecule has 2 rings (SSSR count). The molecule has 0 fully saturated rings. The Morgan fingerprint density at radius 3 is 2.82 bits per heavy atom. The summed E-state index contributed by atoms with van der Waals surface area (Å²) in [7, 11) is 0. The lowest BCUT2D eigenvalue weighted by atomic mass is 10.0. The molecule has 0 aliphatic rings. The number of aromatic nitrogens is 2. The fourth-order valence-electron chi connectivity index (χ4n) is 1.90. The monoisotopic (exact) mass is 225 g/mol. The zero-order chi connectivity index (χ0) is 12.3. The highest BCUT2D eigenvalue weighted by molar-refractivity contribution is 5.50. The molecule has 0 aliphatic carbocycles. The molecule has 3 nitrogen and oxygen atoms in total. The standard InChI is InChI=1S/C14H15N3/c1-11(2)7-12-3-4-14(13(8-12)9-15)17-6-5-16-10-17/h3-6,8,10-11H,7H2,1-2H3. The average molecular weight is 225 g/mol. The topological polar surface area (TPSA) is 41.6 Å². The third-order valence-corrected chi connectivity index (χ3v) is 2.61. The Hall–Kier alpha value is -2.08. The van der Waals surface area contributed by atoms with E-state index in [0.29, 0.717) is 11.5 Å². The van der Waals surface area contributed by atoms with Crippen molar-refractivity contribution in [2.24, 2.45) is 5.92 Å². The first-order valence-corrected chi connectivity index (χ1v) is 5.72. The van der Waals surface area contributed by atoms with E-state index in [1.807, 2.05) is 22.9 Å². The van der Waals surface area contributed by atoms with Gasteiger partial charge in [-0.25, -0.2) is 4.98 Å². The summed E-state index contributed by atoms with van der Waals surface area (Å²) in [4.78, 5) is 4.00. The van der Waals surface area contributed by atoms with E-state index in [9.17, 15) is 5.26 Å². The second kappa shape index (κ2) is 4.84. The van der Waals surface area contributed by atoms with Gasteiger partial charge in [0.15, 0.2) is 0 Å². The summed E-state index contributed by atoms with van der Waals surface area (Å²) in [5.74, 6) is 0.598. The maximum atomic E-state index is 9.19. The van der Waals surface area contributed by atoms with Crippen LogP contribution in [0.15, 0.2) is 36.9 Å². The SMILES string of the molecule is CC(C)Cc1ccc(-n2ccnc2)c(C#N)c1. The normalized spacial score (nSPS) is 10.5. The summed E-state index contributed by atoms with van der Waals surface area (Å²) in [5, 5.41) is 9.19. The molecule has 2 aromatic rings. The Morgan fingerprint density at radius 2 is 2.24 bits per heavy atom. The molecule has 0 aliphatic heterocycles. The zero-order valence-electron chi connectivity index (χ0n) is 10.1. The summed E-state index contributed by atoms with van der Waals surface area (Å²) in [6.45, 7) is 4.35. The number of hydrogen-bond donors (Lipinski definition) is 0. The minimum Gasteiger partial charge on any atom is -0.305 e. The Kier molecular flexibility index (Phi) is 3.24. The third-order valence-electron chi connectivity index (χ3n) is 2.61.